The average Bonchev–Trinajstić information content (AvgIpc) is 2.20. The van der Waals surface area contributed by atoms with Crippen LogP contribution in [0, 0.1) is 11.7 Å². The lowest BCUT2D eigenvalue weighted by Gasteiger charge is -2.22. The third-order valence-electron chi connectivity index (χ3n) is 2.39. The zero-order chi connectivity index (χ0) is 11.6. The number of hydrogen-bond acceptors (Lipinski definition) is 2. The molecule has 0 aliphatic carbocycles. The van der Waals surface area contributed by atoms with E-state index in [9.17, 15) is 9.50 Å². The van der Waals surface area contributed by atoms with Crippen LogP contribution in [0.5, 0.6) is 0 Å². The second kappa shape index (κ2) is 4.92. The normalized spacial score (nSPS) is 15.4. The maximum Gasteiger partial charge on any atom is 0.146 e. The minimum absolute atomic E-state index is 0.0268. The smallest absolute Gasteiger partial charge is 0.146 e. The van der Waals surface area contributed by atoms with E-state index in [1.54, 1.807) is 6.07 Å². The van der Waals surface area contributed by atoms with Crippen molar-refractivity contribution in [2.45, 2.75) is 26.0 Å². The van der Waals surface area contributed by atoms with E-state index in [1.807, 2.05) is 13.8 Å². The van der Waals surface area contributed by atoms with Gasteiger partial charge in [-0.25, -0.2) is 4.39 Å². The zero-order valence-electron chi connectivity index (χ0n) is 8.74. The van der Waals surface area contributed by atoms with Crippen LogP contribution < -0.4 is 5.73 Å². The monoisotopic (exact) mass is 231 g/mol. The summed E-state index contributed by atoms with van der Waals surface area (Å²) in [5.74, 6) is -0.579. The average molecular weight is 232 g/mol. The summed E-state index contributed by atoms with van der Waals surface area (Å²) >= 11 is 5.63. The van der Waals surface area contributed by atoms with Gasteiger partial charge in [0.25, 0.3) is 0 Å². The molecule has 84 valence electrons. The standard InChI is InChI=1S/C11H15ClFNO/c1-6(2)11(15)10(14)7-4-3-5-8(12)9(7)13/h3-6,10-11,15H,14H2,1-2H3/t10-,11+/m1/s1. The van der Waals surface area contributed by atoms with Crippen molar-refractivity contribution >= 4 is 11.6 Å². The van der Waals surface area contributed by atoms with E-state index >= 15 is 0 Å². The molecule has 1 aromatic carbocycles. The molecule has 0 aliphatic heterocycles. The van der Waals surface area contributed by atoms with Crippen molar-refractivity contribution in [1.82, 2.24) is 0 Å². The number of nitrogens with two attached hydrogens (primary N) is 1. The Morgan fingerprint density at radius 3 is 2.53 bits per heavy atom. The first-order chi connectivity index (χ1) is 6.95. The molecule has 2 nitrogen and oxygen atoms in total. The van der Waals surface area contributed by atoms with Crippen LogP contribution in [0.2, 0.25) is 5.02 Å². The molecule has 1 rings (SSSR count). The second-order valence-corrected chi connectivity index (χ2v) is 4.31. The topological polar surface area (TPSA) is 46.2 Å². The van der Waals surface area contributed by atoms with Crippen LogP contribution in [0.4, 0.5) is 4.39 Å². The summed E-state index contributed by atoms with van der Waals surface area (Å²) in [7, 11) is 0. The number of benzene rings is 1. The number of aliphatic hydroxyl groups is 1. The first kappa shape index (κ1) is 12.4. The van der Waals surface area contributed by atoms with Crippen LogP contribution in [0.3, 0.4) is 0 Å². The van der Waals surface area contributed by atoms with Crippen molar-refractivity contribution in [3.8, 4) is 0 Å². The molecule has 3 N–H and O–H groups in total. The van der Waals surface area contributed by atoms with Gasteiger partial charge >= 0.3 is 0 Å². The fraction of sp³-hybridized carbons (Fsp3) is 0.455. The van der Waals surface area contributed by atoms with Gasteiger partial charge in [-0.15, -0.1) is 0 Å². The Bertz CT molecular complexity index is 343. The third kappa shape index (κ3) is 2.68. The summed E-state index contributed by atoms with van der Waals surface area (Å²) in [6.07, 6.45) is -0.780. The Labute approximate surface area is 93.9 Å². The number of halogens is 2. The lowest BCUT2D eigenvalue weighted by Crippen LogP contribution is -2.31. The van der Waals surface area contributed by atoms with Gasteiger partial charge in [0.15, 0.2) is 0 Å². The van der Waals surface area contributed by atoms with Crippen LogP contribution >= 0.6 is 11.6 Å². The molecule has 0 aromatic heterocycles. The highest BCUT2D eigenvalue weighted by Gasteiger charge is 2.23. The minimum atomic E-state index is -0.780. The molecule has 2 atom stereocenters. The van der Waals surface area contributed by atoms with Gasteiger partial charge in [-0.1, -0.05) is 37.6 Å². The fourth-order valence-corrected chi connectivity index (χ4v) is 1.56. The number of hydrogen-bond donors (Lipinski definition) is 2. The Kier molecular flexibility index (Phi) is 4.08. The quantitative estimate of drug-likeness (QED) is 0.840. The van der Waals surface area contributed by atoms with E-state index < -0.39 is 18.0 Å². The van der Waals surface area contributed by atoms with Gasteiger partial charge in [0.2, 0.25) is 0 Å². The highest BCUT2D eigenvalue weighted by molar-refractivity contribution is 6.30. The summed E-state index contributed by atoms with van der Waals surface area (Å²) in [6, 6.07) is 3.86. The van der Waals surface area contributed by atoms with E-state index in [-0.39, 0.29) is 16.5 Å². The van der Waals surface area contributed by atoms with Crippen molar-refractivity contribution < 1.29 is 9.50 Å². The van der Waals surface area contributed by atoms with Gasteiger partial charge in [0.1, 0.15) is 5.82 Å². The van der Waals surface area contributed by atoms with Crippen LogP contribution in [0.15, 0.2) is 18.2 Å². The Balaban J connectivity index is 3.01. The molecule has 0 bridgehead atoms. The van der Waals surface area contributed by atoms with Crippen LogP contribution in [-0.2, 0) is 0 Å². The van der Waals surface area contributed by atoms with Gasteiger partial charge in [-0.3, -0.25) is 0 Å². The van der Waals surface area contributed by atoms with E-state index in [0.29, 0.717) is 0 Å². The molecule has 0 saturated heterocycles. The molecular formula is C11H15ClFNO. The summed E-state index contributed by atoms with van der Waals surface area (Å²) in [5, 5.41) is 9.76. The van der Waals surface area contributed by atoms with Crippen LogP contribution in [0.1, 0.15) is 25.5 Å². The van der Waals surface area contributed by atoms with Crippen LogP contribution in [0.25, 0.3) is 0 Å². The van der Waals surface area contributed by atoms with Crippen molar-refractivity contribution in [3.05, 3.63) is 34.6 Å². The molecular weight excluding hydrogens is 217 g/mol. The van der Waals surface area contributed by atoms with E-state index in [1.165, 1.54) is 12.1 Å². The third-order valence-corrected chi connectivity index (χ3v) is 2.68. The van der Waals surface area contributed by atoms with Gasteiger partial charge in [-0.2, -0.15) is 0 Å². The van der Waals surface area contributed by atoms with Crippen molar-refractivity contribution in [2.24, 2.45) is 11.7 Å². The van der Waals surface area contributed by atoms with E-state index in [4.69, 9.17) is 17.3 Å². The van der Waals surface area contributed by atoms with E-state index in [0.717, 1.165) is 0 Å². The molecule has 0 aliphatic rings. The van der Waals surface area contributed by atoms with E-state index in [2.05, 4.69) is 0 Å². The summed E-state index contributed by atoms with van der Waals surface area (Å²) in [5.41, 5.74) is 6.01. The summed E-state index contributed by atoms with van der Waals surface area (Å²) < 4.78 is 13.6. The molecule has 0 saturated carbocycles. The predicted molar refractivity (Wildman–Crippen MR) is 59.2 cm³/mol. The van der Waals surface area contributed by atoms with Gasteiger partial charge in [-0.05, 0) is 12.0 Å². The molecule has 15 heavy (non-hydrogen) atoms. The first-order valence-corrected chi connectivity index (χ1v) is 5.20. The van der Waals surface area contributed by atoms with Crippen molar-refractivity contribution in [3.63, 3.8) is 0 Å². The predicted octanol–water partition coefficient (Wildman–Crippen LogP) is 2.50. The lowest BCUT2D eigenvalue weighted by molar-refractivity contribution is 0.0966. The second-order valence-electron chi connectivity index (χ2n) is 3.90. The molecule has 4 heteroatoms. The summed E-state index contributed by atoms with van der Waals surface area (Å²) in [4.78, 5) is 0. The molecule has 0 radical (unpaired) electrons. The van der Waals surface area contributed by atoms with Crippen molar-refractivity contribution in [1.29, 1.82) is 0 Å². The lowest BCUT2D eigenvalue weighted by atomic mass is 9.94. The number of rotatable bonds is 3. The molecule has 0 amide bonds. The highest BCUT2D eigenvalue weighted by Crippen LogP contribution is 2.26. The van der Waals surface area contributed by atoms with Gasteiger partial charge < -0.3 is 10.8 Å². The molecule has 0 heterocycles. The van der Waals surface area contributed by atoms with Gasteiger partial charge in [0, 0.05) is 5.56 Å². The van der Waals surface area contributed by atoms with Crippen molar-refractivity contribution in [2.75, 3.05) is 0 Å². The van der Waals surface area contributed by atoms with Gasteiger partial charge in [0.05, 0.1) is 17.2 Å². The SMILES string of the molecule is CC(C)[C@H](O)[C@H](N)c1cccc(Cl)c1F. The fourth-order valence-electron chi connectivity index (χ4n) is 1.38. The number of aliphatic hydroxyl groups excluding tert-OH is 1. The molecule has 0 spiro atoms. The Hall–Kier alpha value is -0.640. The minimum Gasteiger partial charge on any atom is -0.391 e. The largest absolute Gasteiger partial charge is 0.391 e. The Morgan fingerprint density at radius 1 is 1.40 bits per heavy atom. The van der Waals surface area contributed by atoms with Crippen LogP contribution in [-0.4, -0.2) is 11.2 Å². The Morgan fingerprint density at radius 2 is 2.00 bits per heavy atom. The maximum atomic E-state index is 13.6. The molecule has 0 unspecified atom stereocenters. The summed E-state index contributed by atoms with van der Waals surface area (Å²) in [6.45, 7) is 3.65. The highest BCUT2D eigenvalue weighted by atomic mass is 35.5. The zero-order valence-corrected chi connectivity index (χ0v) is 9.50. The molecule has 1 aromatic rings. The maximum absolute atomic E-state index is 13.6. The molecule has 0 fully saturated rings. The first-order valence-electron chi connectivity index (χ1n) is 4.82.